The Kier molecular flexibility index (Phi) is 5.77. The van der Waals surface area contributed by atoms with Gasteiger partial charge in [-0.15, -0.1) is 22.0 Å². The van der Waals surface area contributed by atoms with Crippen LogP contribution in [-0.2, 0) is 19.2 Å². The second-order valence-corrected chi connectivity index (χ2v) is 10.1. The molecule has 2 aliphatic heterocycles. The van der Waals surface area contributed by atoms with Gasteiger partial charge in [-0.25, -0.2) is 0 Å². The van der Waals surface area contributed by atoms with E-state index in [9.17, 15) is 24.3 Å². The van der Waals surface area contributed by atoms with E-state index in [1.165, 1.54) is 46.7 Å². The number of nitrogens with zero attached hydrogens (tertiary/aromatic N) is 3. The van der Waals surface area contributed by atoms with Crippen molar-refractivity contribution < 1.29 is 24.3 Å². The second-order valence-electron chi connectivity index (χ2n) is 6.55. The SMILES string of the molecule is CC(=O)CC(=O)NC1C(=O)N2CC(CSc3nnc(C)s3)(C(=O)O)CS[C@H]12. The number of aliphatic carboxylic acids is 1. The van der Waals surface area contributed by atoms with Crippen molar-refractivity contribution in [3.63, 3.8) is 0 Å². The highest BCUT2D eigenvalue weighted by atomic mass is 32.2. The van der Waals surface area contributed by atoms with Crippen LogP contribution in [0.1, 0.15) is 18.4 Å². The van der Waals surface area contributed by atoms with Gasteiger partial charge in [0.05, 0.1) is 6.42 Å². The van der Waals surface area contributed by atoms with Crippen molar-refractivity contribution in [1.82, 2.24) is 20.4 Å². The van der Waals surface area contributed by atoms with Gasteiger partial charge >= 0.3 is 5.97 Å². The Morgan fingerprint density at radius 2 is 2.15 bits per heavy atom. The van der Waals surface area contributed by atoms with E-state index >= 15 is 0 Å². The van der Waals surface area contributed by atoms with E-state index in [-0.39, 0.29) is 35.8 Å². The van der Waals surface area contributed by atoms with Crippen molar-refractivity contribution in [3.8, 4) is 0 Å². The van der Waals surface area contributed by atoms with Gasteiger partial charge in [0.25, 0.3) is 0 Å². The highest BCUT2D eigenvalue weighted by molar-refractivity contribution is 8.01. The van der Waals surface area contributed by atoms with E-state index < -0.39 is 23.3 Å². The quantitative estimate of drug-likeness (QED) is 0.358. The van der Waals surface area contributed by atoms with Gasteiger partial charge < -0.3 is 15.3 Å². The van der Waals surface area contributed by atoms with Gasteiger partial charge in [0.1, 0.15) is 27.6 Å². The lowest BCUT2D eigenvalue weighted by atomic mass is 9.89. The molecule has 0 aromatic carbocycles. The maximum absolute atomic E-state index is 12.4. The molecule has 9 nitrogen and oxygen atoms in total. The molecule has 0 spiro atoms. The van der Waals surface area contributed by atoms with E-state index in [0.717, 1.165) is 5.01 Å². The summed E-state index contributed by atoms with van der Waals surface area (Å²) in [6.07, 6.45) is -0.266. The average Bonchev–Trinajstić information content (AvgIpc) is 3.02. The molecule has 146 valence electrons. The molecular formula is C15H18N4O5S3. The number of ketones is 1. The first-order valence-corrected chi connectivity index (χ1v) is 10.9. The number of thioether (sulfide) groups is 2. The molecule has 0 aliphatic carbocycles. The maximum Gasteiger partial charge on any atom is 0.313 e. The van der Waals surface area contributed by atoms with Crippen molar-refractivity contribution in [2.45, 2.75) is 36.0 Å². The predicted molar refractivity (Wildman–Crippen MR) is 101 cm³/mol. The fourth-order valence-corrected chi connectivity index (χ4v) is 6.57. The molecule has 2 amide bonds. The first-order chi connectivity index (χ1) is 12.7. The number of β-lactam (4-membered cyclic amide) rings is 1. The zero-order valence-corrected chi connectivity index (χ0v) is 17.1. The fraction of sp³-hybridized carbons (Fsp3) is 0.600. The number of nitrogens with one attached hydrogen (secondary N) is 1. The third kappa shape index (κ3) is 4.11. The highest BCUT2D eigenvalue weighted by Crippen LogP contribution is 2.44. The topological polar surface area (TPSA) is 130 Å². The van der Waals surface area contributed by atoms with Crippen LogP contribution in [0.4, 0.5) is 0 Å². The van der Waals surface area contributed by atoms with Gasteiger partial charge in [0, 0.05) is 18.1 Å². The summed E-state index contributed by atoms with van der Waals surface area (Å²) in [7, 11) is 0. The molecule has 0 saturated carbocycles. The molecule has 2 saturated heterocycles. The molecule has 0 radical (unpaired) electrons. The molecule has 1 aromatic rings. The number of carboxylic acids is 1. The monoisotopic (exact) mass is 430 g/mol. The molecule has 12 heteroatoms. The largest absolute Gasteiger partial charge is 0.481 e. The lowest BCUT2D eigenvalue weighted by molar-refractivity contribution is -0.157. The molecule has 2 aliphatic rings. The summed E-state index contributed by atoms with van der Waals surface area (Å²) in [5, 5.41) is 20.8. The van der Waals surface area contributed by atoms with Crippen LogP contribution in [-0.4, -0.2) is 73.2 Å². The molecule has 2 N–H and O–H groups in total. The second kappa shape index (κ2) is 7.76. The molecule has 3 atom stereocenters. The minimum absolute atomic E-state index is 0.0860. The van der Waals surface area contributed by atoms with Crippen LogP contribution in [0.15, 0.2) is 4.34 Å². The van der Waals surface area contributed by atoms with Gasteiger partial charge in [-0.2, -0.15) is 0 Å². The van der Waals surface area contributed by atoms with Gasteiger partial charge in [-0.3, -0.25) is 19.2 Å². The van der Waals surface area contributed by atoms with Crippen molar-refractivity contribution in [3.05, 3.63) is 5.01 Å². The predicted octanol–water partition coefficient (Wildman–Crippen LogP) is 0.389. The van der Waals surface area contributed by atoms with Crippen LogP contribution in [0.25, 0.3) is 0 Å². The molecule has 3 rings (SSSR count). The van der Waals surface area contributed by atoms with Crippen LogP contribution < -0.4 is 5.32 Å². The Hall–Kier alpha value is -1.66. The van der Waals surface area contributed by atoms with Crippen molar-refractivity contribution in [2.75, 3.05) is 18.1 Å². The Bertz CT molecular complexity index is 800. The Morgan fingerprint density at radius 1 is 1.41 bits per heavy atom. The molecule has 2 fully saturated rings. The number of fused-ring (bicyclic) bond motifs is 1. The van der Waals surface area contributed by atoms with Gasteiger partial charge in [0.2, 0.25) is 11.8 Å². The van der Waals surface area contributed by atoms with E-state index in [0.29, 0.717) is 10.1 Å². The number of aryl methyl sites for hydroxylation is 1. The number of rotatable bonds is 7. The minimum atomic E-state index is -1.09. The first-order valence-electron chi connectivity index (χ1n) is 8.09. The summed E-state index contributed by atoms with van der Waals surface area (Å²) in [6, 6.07) is -0.702. The third-order valence-corrected chi connectivity index (χ3v) is 8.15. The Morgan fingerprint density at radius 3 is 2.74 bits per heavy atom. The molecule has 0 bridgehead atoms. The van der Waals surface area contributed by atoms with Crippen LogP contribution in [0.5, 0.6) is 0 Å². The van der Waals surface area contributed by atoms with E-state index in [2.05, 4.69) is 15.5 Å². The number of amides is 2. The Labute approximate surface area is 167 Å². The number of hydrogen-bond donors (Lipinski definition) is 2. The number of aromatic nitrogens is 2. The summed E-state index contributed by atoms with van der Waals surface area (Å²) < 4.78 is 0.699. The Balaban J connectivity index is 1.63. The number of carbonyl (C=O) groups excluding carboxylic acids is 3. The first kappa shape index (κ1) is 20.1. The molecule has 3 heterocycles. The van der Waals surface area contributed by atoms with Crippen LogP contribution in [0.2, 0.25) is 0 Å². The van der Waals surface area contributed by atoms with Gasteiger partial charge in [0.15, 0.2) is 4.34 Å². The number of carboxylic acid groups (broad SMARTS) is 1. The zero-order chi connectivity index (χ0) is 19.8. The lowest BCUT2D eigenvalue weighted by Crippen LogP contribution is -2.74. The lowest BCUT2D eigenvalue weighted by Gasteiger charge is -2.53. The standard InChI is InChI=1S/C15H18N4O5S3/c1-7(20)3-9(21)16-10-11(22)19-4-15(13(23)24,5-25-12(10)19)6-26-14-18-17-8(2)27-14/h10,12H,3-6H2,1-2H3,(H,16,21)(H,23,24)/t10?,12-,15?/m1/s1. The van der Waals surface area contributed by atoms with E-state index in [1.807, 2.05) is 6.92 Å². The highest BCUT2D eigenvalue weighted by Gasteiger charge is 2.57. The van der Waals surface area contributed by atoms with Crippen molar-refractivity contribution >= 4 is 58.4 Å². The van der Waals surface area contributed by atoms with E-state index in [1.54, 1.807) is 0 Å². The smallest absolute Gasteiger partial charge is 0.313 e. The third-order valence-electron chi connectivity index (χ3n) is 4.30. The zero-order valence-electron chi connectivity index (χ0n) is 14.6. The van der Waals surface area contributed by atoms with E-state index in [4.69, 9.17) is 0 Å². The summed E-state index contributed by atoms with van der Waals surface area (Å²) in [6.45, 7) is 3.22. The summed E-state index contributed by atoms with van der Waals surface area (Å²) in [4.78, 5) is 48.6. The fourth-order valence-electron chi connectivity index (χ4n) is 2.89. The van der Waals surface area contributed by atoms with Crippen LogP contribution in [0.3, 0.4) is 0 Å². The van der Waals surface area contributed by atoms with Crippen molar-refractivity contribution in [2.24, 2.45) is 5.41 Å². The number of carbonyl (C=O) groups is 4. The normalized spacial score (nSPS) is 26.9. The number of hydrogen-bond acceptors (Lipinski definition) is 9. The number of Topliss-reactive ketones (excluding diaryl/α,β-unsaturated/α-hetero) is 1. The van der Waals surface area contributed by atoms with Gasteiger partial charge in [-0.05, 0) is 13.8 Å². The summed E-state index contributed by atoms with van der Waals surface area (Å²) in [5.41, 5.74) is -1.09. The maximum atomic E-state index is 12.4. The van der Waals surface area contributed by atoms with Crippen LogP contribution in [0, 0.1) is 12.3 Å². The molecular weight excluding hydrogens is 412 g/mol. The summed E-state index contributed by atoms with van der Waals surface area (Å²) in [5.74, 6) is -1.44. The van der Waals surface area contributed by atoms with Crippen LogP contribution >= 0.6 is 34.9 Å². The molecule has 1 aromatic heterocycles. The minimum Gasteiger partial charge on any atom is -0.481 e. The van der Waals surface area contributed by atoms with Crippen molar-refractivity contribution in [1.29, 1.82) is 0 Å². The summed E-state index contributed by atoms with van der Waals surface area (Å²) >= 11 is 4.07. The molecule has 2 unspecified atom stereocenters. The average molecular weight is 431 g/mol. The molecule has 27 heavy (non-hydrogen) atoms. The van der Waals surface area contributed by atoms with Gasteiger partial charge in [-0.1, -0.05) is 23.1 Å².